The number of carbonyl (C=O) groups excluding carboxylic acids is 1. The smallest absolute Gasteiger partial charge is 0.253 e. The normalized spacial score (nSPS) is 11.8. The van der Waals surface area contributed by atoms with E-state index < -0.39 is 0 Å². The van der Waals surface area contributed by atoms with Gasteiger partial charge < -0.3 is 14.8 Å². The highest BCUT2D eigenvalue weighted by atomic mass is 16.3. The highest BCUT2D eigenvalue weighted by Gasteiger charge is 2.26. The molecule has 0 atom stereocenters. The summed E-state index contributed by atoms with van der Waals surface area (Å²) in [5.74, 6) is -0.108. The molecule has 0 aliphatic rings. The maximum Gasteiger partial charge on any atom is 0.253 e. The Balaban J connectivity index is 2.17. The van der Waals surface area contributed by atoms with E-state index in [0.717, 1.165) is 24.1 Å². The topological polar surface area (TPSA) is 66.6 Å². The number of nitrogens with zero attached hydrogens (tertiary/aromatic N) is 2. The summed E-state index contributed by atoms with van der Waals surface area (Å²) < 4.78 is 1.90. The molecule has 1 amide bonds. The molecule has 0 aromatic carbocycles. The summed E-state index contributed by atoms with van der Waals surface area (Å²) in [6.07, 6.45) is 5.14. The van der Waals surface area contributed by atoms with Gasteiger partial charge in [-0.05, 0) is 31.9 Å². The molecule has 5 nitrogen and oxygen atoms in total. The molecule has 2 aromatic heterocycles. The molecule has 0 fully saturated rings. The van der Waals surface area contributed by atoms with Crippen LogP contribution in [0.1, 0.15) is 42.7 Å². The molecular formula is C16H23N3O2. The largest absolute Gasteiger partial charge is 0.396 e. The van der Waals surface area contributed by atoms with Gasteiger partial charge in [0.2, 0.25) is 0 Å². The van der Waals surface area contributed by atoms with E-state index in [0.29, 0.717) is 12.1 Å². The Hall–Kier alpha value is -1.88. The average molecular weight is 289 g/mol. The number of rotatable bonds is 6. The first-order valence-electron chi connectivity index (χ1n) is 7.37. The zero-order valence-corrected chi connectivity index (χ0v) is 12.9. The molecule has 21 heavy (non-hydrogen) atoms. The van der Waals surface area contributed by atoms with Crippen molar-refractivity contribution in [3.05, 3.63) is 35.9 Å². The van der Waals surface area contributed by atoms with Crippen molar-refractivity contribution in [2.24, 2.45) is 5.41 Å². The van der Waals surface area contributed by atoms with E-state index in [1.807, 2.05) is 37.3 Å². The fourth-order valence-electron chi connectivity index (χ4n) is 2.51. The van der Waals surface area contributed by atoms with Crippen LogP contribution in [0.2, 0.25) is 0 Å². The van der Waals surface area contributed by atoms with E-state index in [1.54, 1.807) is 12.5 Å². The van der Waals surface area contributed by atoms with E-state index in [-0.39, 0.29) is 17.9 Å². The number of aliphatic hydroxyl groups excluding tert-OH is 1. The van der Waals surface area contributed by atoms with E-state index in [9.17, 15) is 9.90 Å². The predicted molar refractivity (Wildman–Crippen MR) is 82.4 cm³/mol. The maximum absolute atomic E-state index is 12.4. The van der Waals surface area contributed by atoms with Gasteiger partial charge >= 0.3 is 0 Å². The molecule has 0 unspecified atom stereocenters. The number of hydrogen-bond acceptors (Lipinski definition) is 3. The molecule has 0 bridgehead atoms. The van der Waals surface area contributed by atoms with E-state index >= 15 is 0 Å². The zero-order valence-electron chi connectivity index (χ0n) is 12.9. The van der Waals surface area contributed by atoms with Crippen LogP contribution in [0.15, 0.2) is 24.7 Å². The van der Waals surface area contributed by atoms with Crippen molar-refractivity contribution in [3.8, 4) is 0 Å². The molecule has 0 saturated heterocycles. The van der Waals surface area contributed by atoms with Gasteiger partial charge in [0.15, 0.2) is 0 Å². The van der Waals surface area contributed by atoms with E-state index in [4.69, 9.17) is 0 Å². The number of aromatic nitrogens is 2. The second-order valence-corrected chi connectivity index (χ2v) is 5.57. The van der Waals surface area contributed by atoms with Gasteiger partial charge in [-0.3, -0.25) is 4.79 Å². The van der Waals surface area contributed by atoms with Gasteiger partial charge in [0, 0.05) is 17.7 Å². The Morgan fingerprint density at radius 3 is 2.71 bits per heavy atom. The SMILES string of the molecule is CCC(CC)(CO)CNC(=O)c1ccc2cncn2c1C. The molecule has 2 heterocycles. The molecule has 0 radical (unpaired) electrons. The summed E-state index contributed by atoms with van der Waals surface area (Å²) in [7, 11) is 0. The Kier molecular flexibility index (Phi) is 4.63. The third kappa shape index (κ3) is 2.93. The minimum absolute atomic E-state index is 0.0832. The van der Waals surface area contributed by atoms with Gasteiger partial charge in [0.05, 0.1) is 30.2 Å². The lowest BCUT2D eigenvalue weighted by molar-refractivity contribution is 0.0850. The number of aliphatic hydroxyl groups is 1. The number of pyridine rings is 1. The van der Waals surface area contributed by atoms with Crippen molar-refractivity contribution < 1.29 is 9.90 Å². The van der Waals surface area contributed by atoms with Crippen molar-refractivity contribution in [3.63, 3.8) is 0 Å². The minimum atomic E-state index is -0.233. The molecule has 2 aromatic rings. The van der Waals surface area contributed by atoms with E-state index in [2.05, 4.69) is 10.3 Å². The Morgan fingerprint density at radius 1 is 1.38 bits per heavy atom. The molecule has 114 valence electrons. The van der Waals surface area contributed by atoms with Crippen LogP contribution >= 0.6 is 0 Å². The van der Waals surface area contributed by atoms with Crippen molar-refractivity contribution in [2.45, 2.75) is 33.6 Å². The first-order valence-corrected chi connectivity index (χ1v) is 7.37. The number of carbonyl (C=O) groups is 1. The number of nitrogens with one attached hydrogen (secondary N) is 1. The standard InChI is InChI=1S/C16H23N3O2/c1-4-16(5-2,10-20)9-18-15(21)14-7-6-13-8-17-11-19(13)12(14)3/h6-8,11,20H,4-5,9-10H2,1-3H3,(H,18,21). The Labute approximate surface area is 125 Å². The van der Waals surface area contributed by atoms with Gasteiger partial charge in [-0.1, -0.05) is 13.8 Å². The van der Waals surface area contributed by atoms with Gasteiger partial charge in [0.25, 0.3) is 5.91 Å². The van der Waals surface area contributed by atoms with Crippen molar-refractivity contribution in [1.82, 2.24) is 14.7 Å². The highest BCUT2D eigenvalue weighted by Crippen LogP contribution is 2.24. The molecular weight excluding hydrogens is 266 g/mol. The van der Waals surface area contributed by atoms with Crippen LogP contribution in [0.5, 0.6) is 0 Å². The summed E-state index contributed by atoms with van der Waals surface area (Å²) in [5.41, 5.74) is 2.24. The molecule has 0 aliphatic carbocycles. The number of hydrogen-bond donors (Lipinski definition) is 2. The lowest BCUT2D eigenvalue weighted by atomic mass is 9.83. The maximum atomic E-state index is 12.4. The second-order valence-electron chi connectivity index (χ2n) is 5.57. The first kappa shape index (κ1) is 15.5. The van der Waals surface area contributed by atoms with Crippen LogP contribution in [-0.2, 0) is 0 Å². The Bertz CT molecular complexity index is 621. The summed E-state index contributed by atoms with van der Waals surface area (Å²) in [6, 6.07) is 3.70. The zero-order chi connectivity index (χ0) is 15.5. The van der Waals surface area contributed by atoms with Crippen molar-refractivity contribution in [2.75, 3.05) is 13.2 Å². The first-order chi connectivity index (χ1) is 10.1. The lowest BCUT2D eigenvalue weighted by Crippen LogP contribution is -2.39. The van der Waals surface area contributed by atoms with Crippen molar-refractivity contribution >= 4 is 11.4 Å². The van der Waals surface area contributed by atoms with Gasteiger partial charge in [-0.25, -0.2) is 4.98 Å². The number of aryl methyl sites for hydroxylation is 1. The van der Waals surface area contributed by atoms with Crippen LogP contribution in [0.4, 0.5) is 0 Å². The molecule has 0 spiro atoms. The summed E-state index contributed by atoms with van der Waals surface area (Å²) in [4.78, 5) is 16.5. The number of imidazole rings is 1. The highest BCUT2D eigenvalue weighted by molar-refractivity contribution is 5.95. The van der Waals surface area contributed by atoms with Gasteiger partial charge in [-0.15, -0.1) is 0 Å². The van der Waals surface area contributed by atoms with Crippen LogP contribution < -0.4 is 5.32 Å². The van der Waals surface area contributed by atoms with E-state index in [1.165, 1.54) is 0 Å². The molecule has 2 N–H and O–H groups in total. The van der Waals surface area contributed by atoms with Gasteiger partial charge in [-0.2, -0.15) is 0 Å². The Morgan fingerprint density at radius 2 is 2.10 bits per heavy atom. The van der Waals surface area contributed by atoms with Crippen LogP contribution in [0.25, 0.3) is 5.52 Å². The molecule has 0 saturated carbocycles. The number of fused-ring (bicyclic) bond motifs is 1. The quantitative estimate of drug-likeness (QED) is 0.856. The summed E-state index contributed by atoms with van der Waals surface area (Å²) >= 11 is 0. The van der Waals surface area contributed by atoms with Gasteiger partial charge in [0.1, 0.15) is 0 Å². The van der Waals surface area contributed by atoms with Crippen LogP contribution in [0, 0.1) is 12.3 Å². The lowest BCUT2D eigenvalue weighted by Gasteiger charge is -2.29. The minimum Gasteiger partial charge on any atom is -0.396 e. The third-order valence-corrected chi connectivity index (χ3v) is 4.54. The summed E-state index contributed by atoms with van der Waals surface area (Å²) in [6.45, 7) is 6.54. The van der Waals surface area contributed by atoms with Crippen LogP contribution in [-0.4, -0.2) is 33.6 Å². The fraction of sp³-hybridized carbons (Fsp3) is 0.500. The molecule has 0 aliphatic heterocycles. The summed E-state index contributed by atoms with van der Waals surface area (Å²) in [5, 5.41) is 12.5. The van der Waals surface area contributed by atoms with Crippen LogP contribution in [0.3, 0.4) is 0 Å². The molecule has 2 rings (SSSR count). The average Bonchev–Trinajstić information content (AvgIpc) is 2.99. The number of amides is 1. The fourth-order valence-corrected chi connectivity index (χ4v) is 2.51. The predicted octanol–water partition coefficient (Wildman–Crippen LogP) is 2.17. The van der Waals surface area contributed by atoms with Crippen molar-refractivity contribution in [1.29, 1.82) is 0 Å². The monoisotopic (exact) mass is 289 g/mol. The molecule has 5 heteroatoms. The third-order valence-electron chi connectivity index (χ3n) is 4.54. The second kappa shape index (κ2) is 6.26.